The fourth-order valence-corrected chi connectivity index (χ4v) is 2.19. The maximum absolute atomic E-state index is 13.1. The van der Waals surface area contributed by atoms with Gasteiger partial charge in [-0.3, -0.25) is 4.79 Å². The first-order valence-electron chi connectivity index (χ1n) is 6.15. The van der Waals surface area contributed by atoms with Crippen LogP contribution in [0.5, 0.6) is 5.75 Å². The molecule has 2 rings (SSSR count). The molecule has 1 heterocycles. The van der Waals surface area contributed by atoms with Gasteiger partial charge in [-0.05, 0) is 24.6 Å². The first-order chi connectivity index (χ1) is 9.12. The maximum Gasteiger partial charge on any atom is 0.394 e. The van der Waals surface area contributed by atoms with Crippen LogP contribution < -0.4 is 4.74 Å². The molecule has 0 aliphatic carbocycles. The van der Waals surface area contributed by atoms with Crippen LogP contribution in [0.4, 0.5) is 17.6 Å². The van der Waals surface area contributed by atoms with Gasteiger partial charge in [-0.25, -0.2) is 4.39 Å². The van der Waals surface area contributed by atoms with Gasteiger partial charge < -0.3 is 4.74 Å². The summed E-state index contributed by atoms with van der Waals surface area (Å²) in [6.07, 6.45) is -4.79. The lowest BCUT2D eigenvalue weighted by Crippen LogP contribution is -2.39. The maximum atomic E-state index is 13.1. The van der Waals surface area contributed by atoms with Gasteiger partial charge in [0.1, 0.15) is 11.6 Å². The number of alkyl halides is 3. The number of hydrogen-bond donors (Lipinski definition) is 0. The Morgan fingerprint density at radius 2 is 1.95 bits per heavy atom. The zero-order chi connectivity index (χ0) is 15.1. The summed E-state index contributed by atoms with van der Waals surface area (Å²) in [7, 11) is 0. The fourth-order valence-electron chi connectivity index (χ4n) is 2.19. The zero-order valence-corrected chi connectivity index (χ0v) is 11.1. The van der Waals surface area contributed by atoms with E-state index in [9.17, 15) is 22.4 Å². The Hall–Kier alpha value is -1.59. The van der Waals surface area contributed by atoms with Crippen LogP contribution in [0, 0.1) is 17.2 Å². The molecular formula is C14H14F4O2. The predicted octanol–water partition coefficient (Wildman–Crippen LogP) is 4.00. The van der Waals surface area contributed by atoms with Crippen molar-refractivity contribution in [1.29, 1.82) is 0 Å². The van der Waals surface area contributed by atoms with Gasteiger partial charge in [0.2, 0.25) is 0 Å². The molecular weight excluding hydrogens is 276 g/mol. The van der Waals surface area contributed by atoms with E-state index in [1.807, 2.05) is 0 Å². The highest BCUT2D eigenvalue weighted by molar-refractivity contribution is 6.01. The van der Waals surface area contributed by atoms with Crippen molar-refractivity contribution in [3.63, 3.8) is 0 Å². The number of halogens is 4. The summed E-state index contributed by atoms with van der Waals surface area (Å²) in [6.45, 7) is 1.97. The number of benzene rings is 1. The number of rotatable bonds is 2. The largest absolute Gasteiger partial charge is 0.492 e. The molecule has 1 atom stereocenters. The van der Waals surface area contributed by atoms with Crippen molar-refractivity contribution in [1.82, 2.24) is 0 Å². The van der Waals surface area contributed by atoms with Crippen LogP contribution in [0.25, 0.3) is 0 Å². The standard InChI is InChI=1S/C14H14F4O2/c1-13(2,14(16,17)18)6-8-7-20-11-4-3-9(15)5-10(11)12(8)19/h3-5,8H,6-7H2,1-2H3/t8-/m0/s1. The van der Waals surface area contributed by atoms with E-state index in [2.05, 4.69) is 0 Å². The van der Waals surface area contributed by atoms with Gasteiger partial charge in [0.05, 0.1) is 23.5 Å². The molecule has 1 aromatic rings. The minimum absolute atomic E-state index is 0.0132. The zero-order valence-electron chi connectivity index (χ0n) is 11.1. The van der Waals surface area contributed by atoms with E-state index >= 15 is 0 Å². The van der Waals surface area contributed by atoms with Gasteiger partial charge in [0.15, 0.2) is 5.78 Å². The fraction of sp³-hybridized carbons (Fsp3) is 0.500. The smallest absolute Gasteiger partial charge is 0.394 e. The van der Waals surface area contributed by atoms with Crippen molar-refractivity contribution < 1.29 is 27.1 Å². The van der Waals surface area contributed by atoms with E-state index in [0.29, 0.717) is 0 Å². The first-order valence-corrected chi connectivity index (χ1v) is 6.15. The van der Waals surface area contributed by atoms with Crippen LogP contribution in [0.3, 0.4) is 0 Å². The molecule has 1 aliphatic heterocycles. The van der Waals surface area contributed by atoms with Crippen molar-refractivity contribution in [2.75, 3.05) is 6.61 Å². The van der Waals surface area contributed by atoms with Gasteiger partial charge in [-0.15, -0.1) is 0 Å². The SMILES string of the molecule is CC(C)(C[C@H]1COc2ccc(F)cc2C1=O)C(F)(F)F. The number of ketones is 1. The molecule has 110 valence electrons. The minimum Gasteiger partial charge on any atom is -0.492 e. The van der Waals surface area contributed by atoms with Gasteiger partial charge in [-0.2, -0.15) is 13.2 Å². The van der Waals surface area contributed by atoms with E-state index in [0.717, 1.165) is 26.0 Å². The Labute approximate surface area is 113 Å². The number of ether oxygens (including phenoxy) is 1. The second-order valence-corrected chi connectivity index (χ2v) is 5.60. The molecule has 1 aliphatic rings. The third-order valence-corrected chi connectivity index (χ3v) is 3.54. The van der Waals surface area contributed by atoms with E-state index < -0.39 is 29.1 Å². The van der Waals surface area contributed by atoms with E-state index in [1.165, 1.54) is 6.07 Å². The summed E-state index contributed by atoms with van der Waals surface area (Å²) < 4.78 is 57.0. The number of carbonyl (C=O) groups is 1. The van der Waals surface area contributed by atoms with Crippen molar-refractivity contribution in [3.05, 3.63) is 29.6 Å². The average Bonchev–Trinajstić information content (AvgIpc) is 2.32. The van der Waals surface area contributed by atoms with Gasteiger partial charge in [0.25, 0.3) is 0 Å². The van der Waals surface area contributed by atoms with Gasteiger partial charge >= 0.3 is 6.18 Å². The Morgan fingerprint density at radius 3 is 2.55 bits per heavy atom. The van der Waals surface area contributed by atoms with Crippen LogP contribution in [-0.2, 0) is 0 Å². The second-order valence-electron chi connectivity index (χ2n) is 5.60. The summed E-state index contributed by atoms with van der Waals surface area (Å²) in [5, 5.41) is 0. The van der Waals surface area contributed by atoms with Crippen LogP contribution in [0.15, 0.2) is 18.2 Å². The van der Waals surface area contributed by atoms with Crippen molar-refractivity contribution in [2.45, 2.75) is 26.4 Å². The molecule has 0 saturated carbocycles. The summed E-state index contributed by atoms with van der Waals surface area (Å²) in [4.78, 5) is 12.2. The van der Waals surface area contributed by atoms with Crippen LogP contribution in [0.1, 0.15) is 30.6 Å². The van der Waals surface area contributed by atoms with E-state index in [4.69, 9.17) is 4.74 Å². The summed E-state index contributed by atoms with van der Waals surface area (Å²) in [5.74, 6) is -1.81. The molecule has 2 nitrogen and oxygen atoms in total. The molecule has 0 radical (unpaired) electrons. The molecule has 20 heavy (non-hydrogen) atoms. The predicted molar refractivity (Wildman–Crippen MR) is 64.2 cm³/mol. The van der Waals surface area contributed by atoms with Gasteiger partial charge in [-0.1, -0.05) is 13.8 Å². The van der Waals surface area contributed by atoms with E-state index in [-0.39, 0.29) is 24.3 Å². The summed E-state index contributed by atoms with van der Waals surface area (Å²) >= 11 is 0. The molecule has 0 aromatic heterocycles. The highest BCUT2D eigenvalue weighted by atomic mass is 19.4. The number of fused-ring (bicyclic) bond motifs is 1. The third kappa shape index (κ3) is 2.64. The number of hydrogen-bond acceptors (Lipinski definition) is 2. The Morgan fingerprint density at radius 1 is 1.30 bits per heavy atom. The molecule has 0 spiro atoms. The normalized spacial score (nSPS) is 19.5. The van der Waals surface area contributed by atoms with Crippen LogP contribution in [-0.4, -0.2) is 18.6 Å². The number of Topliss-reactive ketones (excluding diaryl/α,β-unsaturated/α-hetero) is 1. The molecule has 0 bridgehead atoms. The quantitative estimate of drug-likeness (QED) is 0.770. The monoisotopic (exact) mass is 290 g/mol. The topological polar surface area (TPSA) is 26.3 Å². The van der Waals surface area contributed by atoms with Crippen molar-refractivity contribution in [2.24, 2.45) is 11.3 Å². The Balaban J connectivity index is 2.24. The van der Waals surface area contributed by atoms with Crippen LogP contribution >= 0.6 is 0 Å². The number of carbonyl (C=O) groups excluding carboxylic acids is 1. The first kappa shape index (κ1) is 14.8. The highest BCUT2D eigenvalue weighted by Crippen LogP contribution is 2.44. The Bertz CT molecular complexity index is 534. The lowest BCUT2D eigenvalue weighted by atomic mass is 9.78. The molecule has 0 amide bonds. The van der Waals surface area contributed by atoms with Gasteiger partial charge in [0, 0.05) is 0 Å². The molecule has 6 heteroatoms. The molecule has 0 unspecified atom stereocenters. The molecule has 0 N–H and O–H groups in total. The lowest BCUT2D eigenvalue weighted by molar-refractivity contribution is -0.216. The Kier molecular flexibility index (Phi) is 3.52. The average molecular weight is 290 g/mol. The second kappa shape index (κ2) is 4.75. The summed E-state index contributed by atoms with van der Waals surface area (Å²) in [6, 6.07) is 3.46. The molecule has 1 aromatic carbocycles. The van der Waals surface area contributed by atoms with E-state index in [1.54, 1.807) is 0 Å². The highest BCUT2D eigenvalue weighted by Gasteiger charge is 2.49. The van der Waals surface area contributed by atoms with Crippen molar-refractivity contribution in [3.8, 4) is 5.75 Å². The summed E-state index contributed by atoms with van der Waals surface area (Å²) in [5.41, 5.74) is -1.99. The minimum atomic E-state index is -4.41. The van der Waals surface area contributed by atoms with Crippen molar-refractivity contribution >= 4 is 5.78 Å². The molecule has 0 saturated heterocycles. The van der Waals surface area contributed by atoms with Crippen LogP contribution in [0.2, 0.25) is 0 Å². The third-order valence-electron chi connectivity index (χ3n) is 3.54. The molecule has 0 fully saturated rings. The lowest BCUT2D eigenvalue weighted by Gasteiger charge is -2.33.